The molecule has 6 heteroatoms. The number of hydrogen-bond acceptors (Lipinski definition) is 4. The Kier molecular flexibility index (Phi) is 5.76. The molecule has 1 heterocycles. The Morgan fingerprint density at radius 3 is 2.82 bits per heavy atom. The zero-order valence-corrected chi connectivity index (χ0v) is 10.1. The van der Waals surface area contributed by atoms with Gasteiger partial charge in [-0.2, -0.15) is 5.06 Å². The molecule has 0 bridgehead atoms. The maximum atomic E-state index is 10.9. The van der Waals surface area contributed by atoms with Gasteiger partial charge in [-0.15, -0.1) is 0 Å². The third-order valence-electron chi connectivity index (χ3n) is 2.59. The monoisotopic (exact) mass is 245 g/mol. The average Bonchev–Trinajstić information content (AvgIpc) is 2.69. The van der Waals surface area contributed by atoms with E-state index in [1.807, 2.05) is 0 Å². The molecule has 0 aromatic carbocycles. The van der Waals surface area contributed by atoms with Gasteiger partial charge in [0.15, 0.2) is 0 Å². The number of rotatable bonds is 7. The number of esters is 1. The first-order valence-electron chi connectivity index (χ1n) is 5.95. The summed E-state index contributed by atoms with van der Waals surface area (Å²) in [6.45, 7) is 2.54. The fourth-order valence-electron chi connectivity index (χ4n) is 1.66. The lowest BCUT2D eigenvalue weighted by molar-refractivity contribution is -0.157. The first-order valence-corrected chi connectivity index (χ1v) is 5.95. The molecule has 1 unspecified atom stereocenters. The second kappa shape index (κ2) is 7.11. The van der Waals surface area contributed by atoms with E-state index >= 15 is 0 Å². The van der Waals surface area contributed by atoms with Gasteiger partial charge < -0.3 is 9.84 Å². The lowest BCUT2D eigenvalue weighted by Gasteiger charge is -2.22. The third-order valence-corrected chi connectivity index (χ3v) is 2.59. The van der Waals surface area contributed by atoms with E-state index in [-0.39, 0.29) is 19.0 Å². The normalized spacial score (nSPS) is 19.1. The molecule has 1 N–H and O–H groups in total. The molecule has 1 rings (SSSR count). The molecule has 0 aliphatic carbocycles. The lowest BCUT2D eigenvalue weighted by Crippen LogP contribution is -2.40. The van der Waals surface area contributed by atoms with Crippen LogP contribution in [0.1, 0.15) is 39.0 Å². The molecule has 0 saturated carbocycles. The molecule has 1 atom stereocenters. The minimum Gasteiger partial charge on any atom is -0.463 e. The summed E-state index contributed by atoms with van der Waals surface area (Å²) >= 11 is 0. The van der Waals surface area contributed by atoms with Crippen LogP contribution < -0.4 is 0 Å². The smallest absolute Gasteiger partial charge is 0.431 e. The van der Waals surface area contributed by atoms with Gasteiger partial charge in [0.05, 0.1) is 13.0 Å². The van der Waals surface area contributed by atoms with E-state index < -0.39 is 12.1 Å². The lowest BCUT2D eigenvalue weighted by atomic mass is 10.2. The Morgan fingerprint density at radius 2 is 2.29 bits per heavy atom. The SMILES string of the molecule is CCCCCCON(C(=O)O)C1COC(=O)C1. The first kappa shape index (κ1) is 13.8. The summed E-state index contributed by atoms with van der Waals surface area (Å²) in [4.78, 5) is 27.0. The van der Waals surface area contributed by atoms with Crippen molar-refractivity contribution in [2.24, 2.45) is 0 Å². The minimum absolute atomic E-state index is 0.0707. The van der Waals surface area contributed by atoms with Crippen LogP contribution in [0.2, 0.25) is 0 Å². The maximum Gasteiger partial charge on any atom is 0.431 e. The summed E-state index contributed by atoms with van der Waals surface area (Å²) < 4.78 is 4.72. The second-order valence-corrected chi connectivity index (χ2v) is 4.04. The number of ether oxygens (including phenoxy) is 1. The molecule has 0 aromatic heterocycles. The summed E-state index contributed by atoms with van der Waals surface area (Å²) in [6.07, 6.45) is 2.96. The second-order valence-electron chi connectivity index (χ2n) is 4.04. The van der Waals surface area contributed by atoms with Gasteiger partial charge in [-0.25, -0.2) is 4.79 Å². The van der Waals surface area contributed by atoms with Gasteiger partial charge in [0, 0.05) is 0 Å². The average molecular weight is 245 g/mol. The van der Waals surface area contributed by atoms with Crippen molar-refractivity contribution in [3.05, 3.63) is 0 Å². The first-order chi connectivity index (χ1) is 8.15. The highest BCUT2D eigenvalue weighted by atomic mass is 16.7. The van der Waals surface area contributed by atoms with E-state index in [0.717, 1.165) is 30.7 Å². The van der Waals surface area contributed by atoms with Crippen molar-refractivity contribution < 1.29 is 24.3 Å². The molecule has 0 spiro atoms. The Hall–Kier alpha value is -1.30. The molecule has 0 aromatic rings. The molecular weight excluding hydrogens is 226 g/mol. The number of amides is 1. The van der Waals surface area contributed by atoms with E-state index in [4.69, 9.17) is 14.7 Å². The fourth-order valence-corrected chi connectivity index (χ4v) is 1.66. The summed E-state index contributed by atoms with van der Waals surface area (Å²) in [5, 5.41) is 9.80. The van der Waals surface area contributed by atoms with Crippen LogP contribution in [0.5, 0.6) is 0 Å². The highest BCUT2D eigenvalue weighted by Crippen LogP contribution is 2.15. The zero-order valence-electron chi connectivity index (χ0n) is 10.1. The van der Waals surface area contributed by atoms with E-state index in [2.05, 4.69) is 6.92 Å². The van der Waals surface area contributed by atoms with Crippen molar-refractivity contribution in [2.75, 3.05) is 13.2 Å². The van der Waals surface area contributed by atoms with Gasteiger partial charge in [0.2, 0.25) is 0 Å². The van der Waals surface area contributed by atoms with E-state index in [0.29, 0.717) is 6.61 Å². The standard InChI is InChI=1S/C11H19NO5/c1-2-3-4-5-6-17-12(11(14)15)9-7-10(13)16-8-9/h9H,2-8H2,1H3,(H,14,15). The predicted octanol–water partition coefficient (Wildman–Crippen LogP) is 1.79. The molecule has 6 nitrogen and oxygen atoms in total. The molecule has 1 fully saturated rings. The van der Waals surface area contributed by atoms with Gasteiger partial charge in [0.1, 0.15) is 12.6 Å². The number of nitrogens with zero attached hydrogens (tertiary/aromatic N) is 1. The highest BCUT2D eigenvalue weighted by Gasteiger charge is 2.33. The van der Waals surface area contributed by atoms with Gasteiger partial charge in [0.25, 0.3) is 0 Å². The highest BCUT2D eigenvalue weighted by molar-refractivity contribution is 5.74. The number of carbonyl (C=O) groups is 2. The van der Waals surface area contributed by atoms with Crippen LogP contribution in [0, 0.1) is 0 Å². The van der Waals surface area contributed by atoms with Crippen LogP contribution in [0.4, 0.5) is 4.79 Å². The van der Waals surface area contributed by atoms with Gasteiger partial charge in [-0.3, -0.25) is 9.63 Å². The number of carboxylic acid groups (broad SMARTS) is 1. The van der Waals surface area contributed by atoms with Crippen molar-refractivity contribution in [1.29, 1.82) is 0 Å². The molecule has 1 aliphatic heterocycles. The van der Waals surface area contributed by atoms with Crippen molar-refractivity contribution in [1.82, 2.24) is 5.06 Å². The Bertz CT molecular complexity index is 269. The van der Waals surface area contributed by atoms with Gasteiger partial charge in [-0.05, 0) is 6.42 Å². The molecule has 1 saturated heterocycles. The van der Waals surface area contributed by atoms with Crippen LogP contribution in [-0.4, -0.2) is 41.5 Å². The molecule has 98 valence electrons. The molecular formula is C11H19NO5. The number of hydrogen-bond donors (Lipinski definition) is 1. The number of cyclic esters (lactones) is 1. The van der Waals surface area contributed by atoms with Gasteiger partial charge >= 0.3 is 12.1 Å². The summed E-state index contributed by atoms with van der Waals surface area (Å²) in [6, 6.07) is -0.508. The van der Waals surface area contributed by atoms with Crippen molar-refractivity contribution in [3.63, 3.8) is 0 Å². The predicted molar refractivity (Wildman–Crippen MR) is 59.3 cm³/mol. The number of unbranched alkanes of at least 4 members (excludes halogenated alkanes) is 3. The zero-order chi connectivity index (χ0) is 12.7. The summed E-state index contributed by atoms with van der Waals surface area (Å²) in [7, 11) is 0. The molecule has 17 heavy (non-hydrogen) atoms. The Labute approximate surface area is 100 Å². The van der Waals surface area contributed by atoms with E-state index in [1.54, 1.807) is 0 Å². The molecule has 1 aliphatic rings. The van der Waals surface area contributed by atoms with Crippen molar-refractivity contribution >= 4 is 12.1 Å². The van der Waals surface area contributed by atoms with Crippen LogP contribution >= 0.6 is 0 Å². The summed E-state index contributed by atoms with van der Waals surface area (Å²) in [5.74, 6) is -0.379. The molecule has 1 amide bonds. The molecule has 0 radical (unpaired) electrons. The van der Waals surface area contributed by atoms with Crippen LogP contribution in [0.15, 0.2) is 0 Å². The fraction of sp³-hybridized carbons (Fsp3) is 0.818. The van der Waals surface area contributed by atoms with Gasteiger partial charge in [-0.1, -0.05) is 26.2 Å². The van der Waals surface area contributed by atoms with Crippen molar-refractivity contribution in [2.45, 2.75) is 45.1 Å². The quantitative estimate of drug-likeness (QED) is 0.420. The number of hydroxylamine groups is 2. The van der Waals surface area contributed by atoms with E-state index in [9.17, 15) is 9.59 Å². The van der Waals surface area contributed by atoms with Crippen LogP contribution in [0.25, 0.3) is 0 Å². The Morgan fingerprint density at radius 1 is 1.53 bits per heavy atom. The van der Waals surface area contributed by atoms with Crippen LogP contribution in [-0.2, 0) is 14.4 Å². The number of carbonyl (C=O) groups excluding carboxylic acids is 1. The largest absolute Gasteiger partial charge is 0.463 e. The summed E-state index contributed by atoms with van der Waals surface area (Å²) in [5.41, 5.74) is 0. The Balaban J connectivity index is 2.29. The third kappa shape index (κ3) is 4.60. The van der Waals surface area contributed by atoms with Crippen molar-refractivity contribution in [3.8, 4) is 0 Å². The minimum atomic E-state index is -1.18. The maximum absolute atomic E-state index is 10.9. The van der Waals surface area contributed by atoms with E-state index in [1.165, 1.54) is 0 Å². The van der Waals surface area contributed by atoms with Crippen LogP contribution in [0.3, 0.4) is 0 Å². The topological polar surface area (TPSA) is 76.1 Å².